The number of carbonyl (C=O) groups is 1. The van der Waals surface area contributed by atoms with Crippen LogP contribution in [0.3, 0.4) is 0 Å². The average Bonchev–Trinajstić information content (AvgIpc) is 2.93. The largest absolute Gasteiger partial charge is 0.480 e. The van der Waals surface area contributed by atoms with E-state index in [9.17, 15) is 9.90 Å². The molecule has 0 fully saturated rings. The first-order chi connectivity index (χ1) is 10.4. The number of carboxylic acids is 1. The summed E-state index contributed by atoms with van der Waals surface area (Å²) in [6, 6.07) is 9.04. The van der Waals surface area contributed by atoms with Gasteiger partial charge in [-0.2, -0.15) is 0 Å². The van der Waals surface area contributed by atoms with E-state index in [2.05, 4.69) is 31.1 Å². The van der Waals surface area contributed by atoms with E-state index < -0.39 is 12.0 Å². The molecular weight excluding hydrogens is 296 g/mol. The van der Waals surface area contributed by atoms with Gasteiger partial charge in [0.2, 0.25) is 0 Å². The van der Waals surface area contributed by atoms with Crippen molar-refractivity contribution in [2.24, 2.45) is 0 Å². The van der Waals surface area contributed by atoms with Gasteiger partial charge in [0.15, 0.2) is 0 Å². The molecule has 0 saturated heterocycles. The molecule has 1 heterocycles. The summed E-state index contributed by atoms with van der Waals surface area (Å²) in [6.07, 6.45) is 0.465. The first-order valence-electron chi connectivity index (χ1n) is 7.31. The van der Waals surface area contributed by atoms with Crippen molar-refractivity contribution in [3.63, 3.8) is 0 Å². The lowest BCUT2D eigenvalue weighted by Gasteiger charge is -2.15. The maximum atomic E-state index is 11.4. The van der Waals surface area contributed by atoms with Crippen LogP contribution in [0, 0.1) is 0 Å². The van der Waals surface area contributed by atoms with E-state index in [-0.39, 0.29) is 5.41 Å². The molecule has 118 valence electrons. The fourth-order valence-corrected chi connectivity index (χ4v) is 2.96. The molecule has 0 aliphatic carbocycles. The number of rotatable bonds is 6. The Morgan fingerprint density at radius 3 is 2.55 bits per heavy atom. The molecule has 2 rings (SSSR count). The van der Waals surface area contributed by atoms with E-state index in [1.807, 2.05) is 35.7 Å². The Bertz CT molecular complexity index is 617. The second-order valence-electron chi connectivity index (χ2n) is 6.36. The number of benzene rings is 1. The van der Waals surface area contributed by atoms with E-state index in [1.165, 1.54) is 0 Å². The van der Waals surface area contributed by atoms with E-state index in [1.54, 1.807) is 11.3 Å². The van der Waals surface area contributed by atoms with Crippen molar-refractivity contribution >= 4 is 17.3 Å². The van der Waals surface area contributed by atoms with E-state index in [4.69, 9.17) is 0 Å². The SMILES string of the molecule is CC(C)(C)c1nc(CN[C@H](Cc2ccccc2)C(=O)O)cs1. The Labute approximate surface area is 135 Å². The smallest absolute Gasteiger partial charge is 0.321 e. The molecule has 0 aliphatic heterocycles. The van der Waals surface area contributed by atoms with Crippen molar-refractivity contribution in [3.05, 3.63) is 52.0 Å². The number of hydrogen-bond donors (Lipinski definition) is 2. The van der Waals surface area contributed by atoms with Gasteiger partial charge >= 0.3 is 5.97 Å². The zero-order valence-corrected chi connectivity index (χ0v) is 14.0. The standard InChI is InChI=1S/C17H22N2O2S/c1-17(2,3)16-19-13(11-22-16)10-18-14(15(20)21)9-12-7-5-4-6-8-12/h4-8,11,14,18H,9-10H2,1-3H3,(H,20,21)/t14-/m1/s1. The molecule has 1 atom stereocenters. The van der Waals surface area contributed by atoms with E-state index in [0.717, 1.165) is 16.3 Å². The Balaban J connectivity index is 1.97. The summed E-state index contributed by atoms with van der Waals surface area (Å²) in [6.45, 7) is 6.84. The number of nitrogens with one attached hydrogen (secondary N) is 1. The third-order valence-electron chi connectivity index (χ3n) is 3.30. The van der Waals surface area contributed by atoms with Gasteiger partial charge in [-0.3, -0.25) is 10.1 Å². The summed E-state index contributed by atoms with van der Waals surface area (Å²) >= 11 is 1.62. The third-order valence-corrected chi connectivity index (χ3v) is 4.62. The predicted octanol–water partition coefficient (Wildman–Crippen LogP) is 3.23. The molecule has 0 radical (unpaired) electrons. The second kappa shape index (κ2) is 7.03. The van der Waals surface area contributed by atoms with Crippen molar-refractivity contribution < 1.29 is 9.90 Å². The molecule has 0 aliphatic rings. The Kier molecular flexibility index (Phi) is 5.32. The molecular formula is C17H22N2O2S. The van der Waals surface area contributed by atoms with Crippen LogP contribution in [-0.2, 0) is 23.2 Å². The van der Waals surface area contributed by atoms with Crippen LogP contribution >= 0.6 is 11.3 Å². The topological polar surface area (TPSA) is 62.2 Å². The fraction of sp³-hybridized carbons (Fsp3) is 0.412. The molecule has 0 saturated carbocycles. The lowest BCUT2D eigenvalue weighted by molar-refractivity contribution is -0.139. The van der Waals surface area contributed by atoms with Crippen LogP contribution in [0.15, 0.2) is 35.7 Å². The first kappa shape index (κ1) is 16.6. The lowest BCUT2D eigenvalue weighted by Crippen LogP contribution is -2.38. The van der Waals surface area contributed by atoms with Gasteiger partial charge in [-0.15, -0.1) is 11.3 Å². The molecule has 22 heavy (non-hydrogen) atoms. The van der Waals surface area contributed by atoms with Gasteiger partial charge in [-0.1, -0.05) is 51.1 Å². The van der Waals surface area contributed by atoms with Crippen LogP contribution < -0.4 is 5.32 Å². The van der Waals surface area contributed by atoms with Gasteiger partial charge in [0.25, 0.3) is 0 Å². The molecule has 2 aromatic rings. The van der Waals surface area contributed by atoms with Crippen LogP contribution in [0.25, 0.3) is 0 Å². The zero-order chi connectivity index (χ0) is 16.2. The molecule has 0 unspecified atom stereocenters. The minimum Gasteiger partial charge on any atom is -0.480 e. The molecule has 0 spiro atoms. The van der Waals surface area contributed by atoms with Crippen LogP contribution in [0.1, 0.15) is 37.0 Å². The molecule has 4 nitrogen and oxygen atoms in total. The maximum absolute atomic E-state index is 11.4. The summed E-state index contributed by atoms with van der Waals surface area (Å²) in [5.41, 5.74) is 1.93. The first-order valence-corrected chi connectivity index (χ1v) is 8.19. The van der Waals surface area contributed by atoms with E-state index in [0.29, 0.717) is 13.0 Å². The summed E-state index contributed by atoms with van der Waals surface area (Å²) in [7, 11) is 0. The molecule has 1 aromatic carbocycles. The predicted molar refractivity (Wildman–Crippen MR) is 89.2 cm³/mol. The summed E-state index contributed by atoms with van der Waals surface area (Å²) < 4.78 is 0. The highest BCUT2D eigenvalue weighted by atomic mass is 32.1. The zero-order valence-electron chi connectivity index (χ0n) is 13.2. The maximum Gasteiger partial charge on any atom is 0.321 e. The quantitative estimate of drug-likeness (QED) is 0.858. The van der Waals surface area contributed by atoms with Gasteiger partial charge in [-0.25, -0.2) is 4.98 Å². The normalized spacial score (nSPS) is 13.0. The monoisotopic (exact) mass is 318 g/mol. The Morgan fingerprint density at radius 2 is 2.00 bits per heavy atom. The Hall–Kier alpha value is -1.72. The molecule has 1 aromatic heterocycles. The number of thiazole rings is 1. The highest BCUT2D eigenvalue weighted by Gasteiger charge is 2.20. The number of nitrogens with zero attached hydrogens (tertiary/aromatic N) is 1. The van der Waals surface area contributed by atoms with Crippen LogP contribution in [0.5, 0.6) is 0 Å². The minimum atomic E-state index is -0.838. The second-order valence-corrected chi connectivity index (χ2v) is 7.21. The van der Waals surface area contributed by atoms with Gasteiger partial charge in [0, 0.05) is 17.3 Å². The molecule has 5 heteroatoms. The van der Waals surface area contributed by atoms with Gasteiger partial charge in [0.05, 0.1) is 10.7 Å². The summed E-state index contributed by atoms with van der Waals surface area (Å²) in [4.78, 5) is 16.0. The summed E-state index contributed by atoms with van der Waals surface area (Å²) in [5.74, 6) is -0.838. The molecule has 0 amide bonds. The number of aromatic nitrogens is 1. The van der Waals surface area contributed by atoms with Gasteiger partial charge in [0.1, 0.15) is 6.04 Å². The van der Waals surface area contributed by atoms with E-state index >= 15 is 0 Å². The number of hydrogen-bond acceptors (Lipinski definition) is 4. The summed E-state index contributed by atoms with van der Waals surface area (Å²) in [5, 5.41) is 15.5. The Morgan fingerprint density at radius 1 is 1.32 bits per heavy atom. The lowest BCUT2D eigenvalue weighted by atomic mass is 9.98. The highest BCUT2D eigenvalue weighted by Crippen LogP contribution is 2.25. The van der Waals surface area contributed by atoms with Gasteiger partial charge in [-0.05, 0) is 12.0 Å². The average molecular weight is 318 g/mol. The van der Waals surface area contributed by atoms with Crippen LogP contribution in [0.2, 0.25) is 0 Å². The van der Waals surface area contributed by atoms with Gasteiger partial charge < -0.3 is 5.11 Å². The van der Waals surface area contributed by atoms with Crippen LogP contribution in [-0.4, -0.2) is 22.1 Å². The molecule has 0 bridgehead atoms. The van der Waals surface area contributed by atoms with Crippen molar-refractivity contribution in [3.8, 4) is 0 Å². The minimum absolute atomic E-state index is 0.0269. The molecule has 2 N–H and O–H groups in total. The number of aliphatic carboxylic acids is 1. The number of carboxylic acid groups (broad SMARTS) is 1. The van der Waals surface area contributed by atoms with Crippen molar-refractivity contribution in [2.75, 3.05) is 0 Å². The fourth-order valence-electron chi connectivity index (χ4n) is 2.06. The van der Waals surface area contributed by atoms with Crippen molar-refractivity contribution in [2.45, 2.75) is 45.2 Å². The van der Waals surface area contributed by atoms with Crippen molar-refractivity contribution in [1.82, 2.24) is 10.3 Å². The van der Waals surface area contributed by atoms with Crippen molar-refractivity contribution in [1.29, 1.82) is 0 Å². The third kappa shape index (κ3) is 4.64. The highest BCUT2D eigenvalue weighted by molar-refractivity contribution is 7.09. The van der Waals surface area contributed by atoms with Crippen LogP contribution in [0.4, 0.5) is 0 Å².